The number of benzene rings is 4. The van der Waals surface area contributed by atoms with Crippen molar-refractivity contribution < 1.29 is 43.5 Å². The molecule has 494 valence electrons. The molecule has 7 amide bonds. The van der Waals surface area contributed by atoms with Gasteiger partial charge in [0.15, 0.2) is 5.96 Å². The molecule has 93 heavy (non-hydrogen) atoms. The zero-order chi connectivity index (χ0) is 66.7. The van der Waals surface area contributed by atoms with Gasteiger partial charge in [-0.25, -0.2) is 4.79 Å². The number of nitrogens with one attached hydrogen (secondary N) is 13. The Morgan fingerprint density at radius 3 is 1.27 bits per heavy atom. The molecule has 9 atom stereocenters. The van der Waals surface area contributed by atoms with Gasteiger partial charge in [0.05, 0.1) is 6.04 Å². The molecule has 0 fully saturated rings. The van der Waals surface area contributed by atoms with E-state index in [9.17, 15) is 33.9 Å². The highest BCUT2D eigenvalue weighted by Crippen LogP contribution is 2.24. The Labute approximate surface area is 538 Å². The third-order valence-electron chi connectivity index (χ3n) is 17.0. The first-order valence-electron chi connectivity index (χ1n) is 31.8. The number of carboxylic acids is 1. The second-order valence-electron chi connectivity index (χ2n) is 24.3. The summed E-state index contributed by atoms with van der Waals surface area (Å²) in [6, 6.07) is 19.7. The first kappa shape index (κ1) is 68.9. The number of guanidine groups is 1. The Morgan fingerprint density at radius 1 is 0.473 bits per heavy atom. The number of fused-ring (bicyclic) bond motifs is 4. The van der Waals surface area contributed by atoms with Crippen LogP contribution in [0.2, 0.25) is 0 Å². The number of amides is 7. The minimum atomic E-state index is -1.36. The molecule has 0 aliphatic rings. The highest BCUT2D eigenvalue weighted by molar-refractivity contribution is 5.99. The van der Waals surface area contributed by atoms with E-state index in [1.165, 1.54) is 0 Å². The number of unbranched alkanes of at least 4 members (excludes halogenated alkanes) is 1. The molecule has 0 saturated heterocycles. The second kappa shape index (κ2) is 32.8. The van der Waals surface area contributed by atoms with Gasteiger partial charge in [-0.05, 0) is 110 Å². The summed E-state index contributed by atoms with van der Waals surface area (Å²) in [5.41, 5.74) is 24.2. The third kappa shape index (κ3) is 18.6. The number of hydrogen-bond donors (Lipinski definition) is 17. The maximum Gasteiger partial charge on any atom is 0.326 e. The maximum atomic E-state index is 15.2. The molecule has 25 heteroatoms. The summed E-state index contributed by atoms with van der Waals surface area (Å²) in [5.74, 6) is -7.41. The van der Waals surface area contributed by atoms with E-state index < -0.39 is 102 Å². The maximum absolute atomic E-state index is 15.2. The van der Waals surface area contributed by atoms with Crippen LogP contribution in [0.3, 0.4) is 0 Å². The molecule has 4 aromatic heterocycles. The van der Waals surface area contributed by atoms with Crippen molar-refractivity contribution in [2.75, 3.05) is 13.1 Å². The van der Waals surface area contributed by atoms with Crippen LogP contribution in [-0.4, -0.2) is 140 Å². The minimum Gasteiger partial charge on any atom is -0.480 e. The highest BCUT2D eigenvalue weighted by Gasteiger charge is 2.37. The first-order valence-corrected chi connectivity index (χ1v) is 31.8. The van der Waals surface area contributed by atoms with Crippen molar-refractivity contribution >= 4 is 96.9 Å². The molecule has 0 bridgehead atoms. The normalized spacial score (nSPS) is 14.4. The molecule has 0 unspecified atom stereocenters. The summed E-state index contributed by atoms with van der Waals surface area (Å²) in [7, 11) is 0. The molecule has 0 spiro atoms. The van der Waals surface area contributed by atoms with Crippen LogP contribution in [0.5, 0.6) is 0 Å². The number of aromatic nitrogens is 4. The van der Waals surface area contributed by atoms with Crippen molar-refractivity contribution in [3.8, 4) is 0 Å². The predicted molar refractivity (Wildman–Crippen MR) is 358 cm³/mol. The monoisotopic (exact) mass is 1270 g/mol. The van der Waals surface area contributed by atoms with Gasteiger partial charge in [0.1, 0.15) is 42.3 Å². The first-order chi connectivity index (χ1) is 44.7. The number of H-pyrrole nitrogens is 4. The molecular formula is C68H88N16O9. The number of carbonyl (C=O) groups is 8. The third-order valence-corrected chi connectivity index (χ3v) is 17.0. The topological polar surface area (TPSA) is 418 Å². The van der Waals surface area contributed by atoms with E-state index in [0.29, 0.717) is 36.0 Å². The molecular weight excluding hydrogens is 1180 g/mol. The van der Waals surface area contributed by atoms with E-state index in [2.05, 4.69) is 62.5 Å². The highest BCUT2D eigenvalue weighted by atomic mass is 16.4. The number of carbonyl (C=O) groups excluding carboxylic acids is 7. The average molecular weight is 1270 g/mol. The number of hydrogen-bond acceptors (Lipinski definition) is 11. The molecule has 0 aliphatic carbocycles. The Kier molecular flexibility index (Phi) is 24.3. The van der Waals surface area contributed by atoms with Crippen LogP contribution in [0.15, 0.2) is 122 Å². The molecule has 4 aromatic carbocycles. The van der Waals surface area contributed by atoms with Crippen LogP contribution in [0.1, 0.15) is 94.9 Å². The van der Waals surface area contributed by atoms with Crippen LogP contribution < -0.4 is 59.7 Å². The SMILES string of the molecule is CC[C@H](C)[C@H](NC(=O)[C@H](CCCCN)NC(=O)[C@H](CCCNC(=N)N)NC(=O)[C@H](CC(C)C)NC(=O)[C@H](Cc1c[nH]c2ccccc12)NC(=O)[C@H](Cc1c[nH]c2ccccc12)NC(=O)[C@@H](N)Cc1c[nH]c2ccccc12)C(=O)N[C@@H](Cc1c[nH]c2ccccc12)C(=O)O. The lowest BCUT2D eigenvalue weighted by atomic mass is 9.96. The lowest BCUT2D eigenvalue weighted by Gasteiger charge is -2.29. The molecule has 4 heterocycles. The molecule has 25 nitrogen and oxygen atoms in total. The van der Waals surface area contributed by atoms with Crippen molar-refractivity contribution in [3.63, 3.8) is 0 Å². The summed E-state index contributed by atoms with van der Waals surface area (Å²) in [5, 5.41) is 43.9. The van der Waals surface area contributed by atoms with E-state index in [-0.39, 0.29) is 76.3 Å². The summed E-state index contributed by atoms with van der Waals surface area (Å²) in [6.45, 7) is 7.64. The van der Waals surface area contributed by atoms with Gasteiger partial charge in [-0.3, -0.25) is 39.0 Å². The summed E-state index contributed by atoms with van der Waals surface area (Å²) < 4.78 is 0. The van der Waals surface area contributed by atoms with E-state index in [1.54, 1.807) is 31.7 Å². The van der Waals surface area contributed by atoms with Crippen LogP contribution in [0, 0.1) is 17.2 Å². The van der Waals surface area contributed by atoms with E-state index in [4.69, 9.17) is 22.6 Å². The van der Waals surface area contributed by atoms with Gasteiger partial charge < -0.3 is 84.8 Å². The summed E-state index contributed by atoms with van der Waals surface area (Å²) >= 11 is 0. The molecule has 0 saturated carbocycles. The van der Waals surface area contributed by atoms with E-state index in [0.717, 1.165) is 49.2 Å². The Morgan fingerprint density at radius 2 is 0.839 bits per heavy atom. The van der Waals surface area contributed by atoms with Crippen molar-refractivity contribution in [1.29, 1.82) is 5.41 Å². The molecule has 0 radical (unpaired) electrons. The zero-order valence-corrected chi connectivity index (χ0v) is 53.0. The van der Waals surface area contributed by atoms with Crippen LogP contribution in [-0.2, 0) is 64.0 Å². The van der Waals surface area contributed by atoms with Gasteiger partial charge in [0.2, 0.25) is 41.4 Å². The largest absolute Gasteiger partial charge is 0.480 e. The molecule has 20 N–H and O–H groups in total. The van der Waals surface area contributed by atoms with E-state index in [1.807, 2.05) is 118 Å². The molecule has 0 aliphatic heterocycles. The number of para-hydroxylation sites is 4. The standard InChI is InChI=1S/C68H88N16O9/c1-5-39(4)59(66(91)83-58(67(92)93)33-43-37-77-52-24-13-9-20-47(43)52)84-62(87)53(25-14-15-27-69)78-61(86)54(26-16-28-73-68(71)72)79-63(88)55(29-38(2)3)81-65(90)57(32-42-36-76-51-23-12-8-19-46(42)51)82-64(89)56(31-41-35-75-50-22-11-7-18-45(41)50)80-60(85)48(70)30-40-34-74-49-21-10-6-17-44(40)49/h6-13,17-24,34-39,48,53-59,74-77H,5,14-16,25-33,69-70H2,1-4H3,(H,78,86)(H,79,88)(H,80,85)(H,81,90)(H,82,89)(H,83,91)(H,84,87)(H,92,93)(H4,71,72,73)/t39-,48-,53-,54-,55-,56-,57-,58-,59-/m0/s1. The van der Waals surface area contributed by atoms with Crippen molar-refractivity contribution in [2.24, 2.45) is 29.0 Å². The zero-order valence-electron chi connectivity index (χ0n) is 53.0. The van der Waals surface area contributed by atoms with Gasteiger partial charge in [-0.15, -0.1) is 0 Å². The molecule has 8 aromatic rings. The van der Waals surface area contributed by atoms with Gasteiger partial charge in [0, 0.05) is 94.2 Å². The Hall–Kier alpha value is -10.0. The summed E-state index contributed by atoms with van der Waals surface area (Å²) in [6.07, 6.45) is 8.52. The number of rotatable bonds is 35. The van der Waals surface area contributed by atoms with Crippen LogP contribution in [0.25, 0.3) is 43.6 Å². The number of carboxylic acid groups (broad SMARTS) is 1. The van der Waals surface area contributed by atoms with Crippen LogP contribution in [0.4, 0.5) is 0 Å². The Balaban J connectivity index is 1.03. The van der Waals surface area contributed by atoms with Gasteiger partial charge in [0.25, 0.3) is 0 Å². The van der Waals surface area contributed by atoms with Gasteiger partial charge in [-0.1, -0.05) is 107 Å². The fraction of sp³-hybridized carbons (Fsp3) is 0.397. The summed E-state index contributed by atoms with van der Waals surface area (Å²) in [4.78, 5) is 128. The van der Waals surface area contributed by atoms with Crippen molar-refractivity contribution in [1.82, 2.24) is 62.5 Å². The van der Waals surface area contributed by atoms with Crippen LogP contribution >= 0.6 is 0 Å². The lowest BCUT2D eigenvalue weighted by Crippen LogP contribution is -2.61. The fourth-order valence-corrected chi connectivity index (χ4v) is 11.7. The van der Waals surface area contributed by atoms with Crippen molar-refractivity contribution in [2.45, 2.75) is 147 Å². The quantitative estimate of drug-likeness (QED) is 0.0151. The number of aliphatic carboxylic acids is 1. The number of aromatic amines is 4. The lowest BCUT2D eigenvalue weighted by molar-refractivity contribution is -0.142. The van der Waals surface area contributed by atoms with Gasteiger partial charge in [-0.2, -0.15) is 0 Å². The average Bonchev–Trinajstić information content (AvgIpc) is 1.93. The number of nitrogens with two attached hydrogens (primary N) is 3. The minimum absolute atomic E-state index is 0.00375. The van der Waals surface area contributed by atoms with Crippen molar-refractivity contribution in [3.05, 3.63) is 144 Å². The van der Waals surface area contributed by atoms with E-state index >= 15 is 9.59 Å². The van der Waals surface area contributed by atoms with Gasteiger partial charge >= 0.3 is 5.97 Å². The smallest absolute Gasteiger partial charge is 0.326 e. The Bertz CT molecular complexity index is 3910. The predicted octanol–water partition coefficient (Wildman–Crippen LogP) is 4.17. The fourth-order valence-electron chi connectivity index (χ4n) is 11.7. The molecule has 8 rings (SSSR count). The second-order valence-corrected chi connectivity index (χ2v) is 24.3.